The maximum atomic E-state index is 5.66. The van der Waals surface area contributed by atoms with E-state index in [0.717, 1.165) is 18.2 Å². The van der Waals surface area contributed by atoms with E-state index in [9.17, 15) is 0 Å². The molecule has 17 heavy (non-hydrogen) atoms. The average molecular weight is 236 g/mol. The van der Waals surface area contributed by atoms with Gasteiger partial charge in [0.15, 0.2) is 5.82 Å². The number of nitrogens with one attached hydrogen (secondary N) is 1. The molecule has 0 unspecified atom stereocenters. The van der Waals surface area contributed by atoms with Crippen LogP contribution in [0.1, 0.15) is 37.2 Å². The highest BCUT2D eigenvalue weighted by Crippen LogP contribution is 2.24. The molecule has 0 atom stereocenters. The quantitative estimate of drug-likeness (QED) is 0.602. The van der Waals surface area contributed by atoms with Crippen LogP contribution in [0.2, 0.25) is 0 Å². The molecular formula is C12H20N4O. The van der Waals surface area contributed by atoms with Gasteiger partial charge in [-0.3, -0.25) is 0 Å². The molecule has 0 radical (unpaired) electrons. The van der Waals surface area contributed by atoms with Crippen LogP contribution in [0.25, 0.3) is 0 Å². The molecule has 0 aromatic carbocycles. The Morgan fingerprint density at radius 3 is 2.88 bits per heavy atom. The number of ether oxygens (including phenoxy) is 1. The zero-order valence-corrected chi connectivity index (χ0v) is 10.3. The Kier molecular flexibility index (Phi) is 4.28. The van der Waals surface area contributed by atoms with Crippen LogP contribution in [0.3, 0.4) is 0 Å². The second-order valence-corrected chi connectivity index (χ2v) is 4.62. The van der Waals surface area contributed by atoms with Crippen LogP contribution in [0.15, 0.2) is 6.07 Å². The molecule has 0 saturated heterocycles. The van der Waals surface area contributed by atoms with Gasteiger partial charge in [0.1, 0.15) is 12.4 Å². The minimum Gasteiger partial charge on any atom is -0.373 e. The van der Waals surface area contributed by atoms with E-state index in [-0.39, 0.29) is 0 Å². The highest BCUT2D eigenvalue weighted by atomic mass is 16.5. The van der Waals surface area contributed by atoms with Crippen molar-refractivity contribution in [1.29, 1.82) is 0 Å². The molecule has 0 spiro atoms. The topological polar surface area (TPSA) is 73.1 Å². The van der Waals surface area contributed by atoms with Gasteiger partial charge in [-0.15, -0.1) is 0 Å². The smallest absolute Gasteiger partial charge is 0.156 e. The van der Waals surface area contributed by atoms with E-state index in [1.807, 2.05) is 6.92 Å². The molecule has 3 N–H and O–H groups in total. The van der Waals surface area contributed by atoms with Gasteiger partial charge in [0.05, 0.1) is 0 Å². The van der Waals surface area contributed by atoms with Crippen molar-refractivity contribution in [3.05, 3.63) is 17.6 Å². The summed E-state index contributed by atoms with van der Waals surface area (Å²) in [4.78, 5) is 8.56. The molecule has 94 valence electrons. The number of aryl methyl sites for hydroxylation is 1. The fourth-order valence-electron chi connectivity index (χ4n) is 2.26. The molecule has 2 rings (SSSR count). The first-order chi connectivity index (χ1) is 8.28. The van der Waals surface area contributed by atoms with E-state index in [1.165, 1.54) is 25.7 Å². The molecule has 1 heterocycles. The first-order valence-electron chi connectivity index (χ1n) is 6.17. The van der Waals surface area contributed by atoms with Crippen LogP contribution in [0.4, 0.5) is 5.82 Å². The molecule has 1 saturated carbocycles. The minimum absolute atomic E-state index is 0.465. The summed E-state index contributed by atoms with van der Waals surface area (Å²) in [6.45, 7) is 3.21. The lowest BCUT2D eigenvalue weighted by Gasteiger charge is -2.10. The Bertz CT molecular complexity index is 364. The minimum atomic E-state index is 0.465. The molecule has 0 aliphatic heterocycles. The van der Waals surface area contributed by atoms with E-state index in [2.05, 4.69) is 15.4 Å². The predicted octanol–water partition coefficient (Wildman–Crippen LogP) is 1.78. The first kappa shape index (κ1) is 12.3. The van der Waals surface area contributed by atoms with Crippen molar-refractivity contribution in [2.24, 2.45) is 11.8 Å². The summed E-state index contributed by atoms with van der Waals surface area (Å²) in [5.41, 5.74) is 3.43. The van der Waals surface area contributed by atoms with Gasteiger partial charge in [-0.05, 0) is 25.7 Å². The van der Waals surface area contributed by atoms with Crippen LogP contribution in [0.5, 0.6) is 0 Å². The summed E-state index contributed by atoms with van der Waals surface area (Å²) in [6, 6.07) is 1.81. The summed E-state index contributed by atoms with van der Waals surface area (Å²) >= 11 is 0. The van der Waals surface area contributed by atoms with Crippen LogP contribution >= 0.6 is 0 Å². The fourth-order valence-corrected chi connectivity index (χ4v) is 2.26. The molecule has 0 amide bonds. The molecule has 1 fully saturated rings. The van der Waals surface area contributed by atoms with E-state index in [1.54, 1.807) is 6.07 Å². The van der Waals surface area contributed by atoms with Gasteiger partial charge in [-0.2, -0.15) is 0 Å². The molecule has 1 aromatic rings. The van der Waals surface area contributed by atoms with Gasteiger partial charge in [-0.1, -0.05) is 12.8 Å². The van der Waals surface area contributed by atoms with Gasteiger partial charge in [0.25, 0.3) is 0 Å². The lowest BCUT2D eigenvalue weighted by atomic mass is 10.1. The van der Waals surface area contributed by atoms with E-state index < -0.39 is 0 Å². The molecule has 5 nitrogen and oxygen atoms in total. The van der Waals surface area contributed by atoms with Crippen LogP contribution < -0.4 is 11.3 Å². The highest BCUT2D eigenvalue weighted by Gasteiger charge is 2.15. The summed E-state index contributed by atoms with van der Waals surface area (Å²) < 4.78 is 5.66. The van der Waals surface area contributed by atoms with Crippen molar-refractivity contribution in [2.75, 3.05) is 12.0 Å². The van der Waals surface area contributed by atoms with Crippen molar-refractivity contribution in [2.45, 2.75) is 39.2 Å². The third-order valence-electron chi connectivity index (χ3n) is 3.11. The predicted molar refractivity (Wildman–Crippen MR) is 66.2 cm³/mol. The number of nitrogen functional groups attached to an aromatic ring is 1. The highest BCUT2D eigenvalue weighted by molar-refractivity contribution is 5.33. The van der Waals surface area contributed by atoms with Crippen molar-refractivity contribution in [3.8, 4) is 0 Å². The number of anilines is 1. The summed E-state index contributed by atoms with van der Waals surface area (Å²) in [7, 11) is 0. The Hall–Kier alpha value is -1.20. The zero-order chi connectivity index (χ0) is 12.1. The van der Waals surface area contributed by atoms with Gasteiger partial charge < -0.3 is 10.2 Å². The molecule has 1 aromatic heterocycles. The summed E-state index contributed by atoms with van der Waals surface area (Å²) in [6.07, 6.45) is 5.28. The first-order valence-corrected chi connectivity index (χ1v) is 6.17. The third kappa shape index (κ3) is 3.64. The Morgan fingerprint density at radius 2 is 2.18 bits per heavy atom. The number of hydrogen-bond donors (Lipinski definition) is 2. The van der Waals surface area contributed by atoms with Gasteiger partial charge in [0, 0.05) is 18.4 Å². The maximum absolute atomic E-state index is 5.66. The summed E-state index contributed by atoms with van der Waals surface area (Å²) in [5, 5.41) is 0. The number of hydrogen-bond acceptors (Lipinski definition) is 5. The third-order valence-corrected chi connectivity index (χ3v) is 3.11. The van der Waals surface area contributed by atoms with Gasteiger partial charge in [-0.25, -0.2) is 15.8 Å². The lowest BCUT2D eigenvalue weighted by Crippen LogP contribution is -2.12. The van der Waals surface area contributed by atoms with Crippen molar-refractivity contribution < 1.29 is 4.74 Å². The van der Waals surface area contributed by atoms with E-state index >= 15 is 0 Å². The normalized spacial score (nSPS) is 16.4. The van der Waals surface area contributed by atoms with E-state index in [4.69, 9.17) is 10.6 Å². The molecule has 0 bridgehead atoms. The standard InChI is InChI=1S/C12H20N4O/c1-9-6-11(16-13)15-12(14-9)8-17-7-10-4-2-3-5-10/h6,10H,2-5,7-8,13H2,1H3,(H,14,15,16). The van der Waals surface area contributed by atoms with Crippen molar-refractivity contribution in [1.82, 2.24) is 9.97 Å². The van der Waals surface area contributed by atoms with Crippen LogP contribution in [0, 0.1) is 12.8 Å². The SMILES string of the molecule is Cc1cc(NN)nc(COCC2CCCC2)n1. The second-order valence-electron chi connectivity index (χ2n) is 4.62. The Morgan fingerprint density at radius 1 is 1.41 bits per heavy atom. The van der Waals surface area contributed by atoms with Crippen molar-refractivity contribution in [3.63, 3.8) is 0 Å². The fraction of sp³-hybridized carbons (Fsp3) is 0.667. The second kappa shape index (κ2) is 5.93. The Balaban J connectivity index is 1.83. The monoisotopic (exact) mass is 236 g/mol. The largest absolute Gasteiger partial charge is 0.373 e. The molecule has 1 aliphatic rings. The number of rotatable bonds is 5. The summed E-state index contributed by atoms with van der Waals surface area (Å²) in [5.74, 6) is 7.39. The van der Waals surface area contributed by atoms with Gasteiger partial charge >= 0.3 is 0 Å². The molecular weight excluding hydrogens is 216 g/mol. The zero-order valence-electron chi connectivity index (χ0n) is 10.3. The molecule has 1 aliphatic carbocycles. The maximum Gasteiger partial charge on any atom is 0.156 e. The number of hydrazine groups is 1. The van der Waals surface area contributed by atoms with Gasteiger partial charge in [0.2, 0.25) is 0 Å². The molecule has 5 heteroatoms. The average Bonchev–Trinajstić information content (AvgIpc) is 2.81. The Labute approximate surface area is 102 Å². The van der Waals surface area contributed by atoms with Crippen LogP contribution in [-0.4, -0.2) is 16.6 Å². The number of nitrogens with zero attached hydrogens (tertiary/aromatic N) is 2. The van der Waals surface area contributed by atoms with Crippen molar-refractivity contribution >= 4 is 5.82 Å². The number of nitrogens with two attached hydrogens (primary N) is 1. The number of aromatic nitrogens is 2. The van der Waals surface area contributed by atoms with E-state index in [0.29, 0.717) is 18.2 Å². The van der Waals surface area contributed by atoms with Crippen LogP contribution in [-0.2, 0) is 11.3 Å². The lowest BCUT2D eigenvalue weighted by molar-refractivity contribution is 0.0843.